The maximum absolute atomic E-state index is 5.81. The van der Waals surface area contributed by atoms with Crippen molar-refractivity contribution in [1.82, 2.24) is 14.8 Å². The molecule has 2 heterocycles. The summed E-state index contributed by atoms with van der Waals surface area (Å²) in [7, 11) is 0. The Morgan fingerprint density at radius 1 is 1.53 bits per heavy atom. The lowest BCUT2D eigenvalue weighted by Crippen LogP contribution is -1.99. The van der Waals surface area contributed by atoms with Gasteiger partial charge in [-0.3, -0.25) is 0 Å². The standard InChI is InChI=1S/C11H10BrClN4/c1-2-17-7-8(5-16-17)4-14-9-3-10(12)11(13)15-6-9/h2-3,5-7,14H,1,4H2. The summed E-state index contributed by atoms with van der Waals surface area (Å²) in [6.45, 7) is 4.30. The van der Waals surface area contributed by atoms with Crippen LogP contribution in [0.4, 0.5) is 5.69 Å². The highest BCUT2D eigenvalue weighted by atomic mass is 79.9. The third kappa shape index (κ3) is 3.08. The first-order chi connectivity index (χ1) is 8.19. The Kier molecular flexibility index (Phi) is 3.81. The molecule has 0 radical (unpaired) electrons. The first-order valence-corrected chi connectivity index (χ1v) is 6.06. The van der Waals surface area contributed by atoms with Crippen LogP contribution in [0.2, 0.25) is 5.15 Å². The van der Waals surface area contributed by atoms with Gasteiger partial charge in [-0.2, -0.15) is 5.10 Å². The molecule has 2 aromatic heterocycles. The van der Waals surface area contributed by atoms with Crippen LogP contribution in [0.15, 0.2) is 35.7 Å². The number of rotatable bonds is 4. The minimum absolute atomic E-state index is 0.454. The van der Waals surface area contributed by atoms with Crippen LogP contribution < -0.4 is 5.32 Å². The third-order valence-electron chi connectivity index (χ3n) is 2.13. The van der Waals surface area contributed by atoms with Crippen LogP contribution in [0, 0.1) is 0 Å². The van der Waals surface area contributed by atoms with Gasteiger partial charge >= 0.3 is 0 Å². The number of aromatic nitrogens is 3. The van der Waals surface area contributed by atoms with Gasteiger partial charge in [0.1, 0.15) is 5.15 Å². The Morgan fingerprint density at radius 2 is 2.35 bits per heavy atom. The normalized spacial score (nSPS) is 10.2. The van der Waals surface area contributed by atoms with Gasteiger partial charge in [-0.1, -0.05) is 18.2 Å². The van der Waals surface area contributed by atoms with Gasteiger partial charge in [0.05, 0.1) is 22.6 Å². The molecule has 0 aliphatic rings. The highest BCUT2D eigenvalue weighted by Gasteiger charge is 2.01. The monoisotopic (exact) mass is 312 g/mol. The van der Waals surface area contributed by atoms with Gasteiger partial charge in [0.2, 0.25) is 0 Å². The molecule has 0 saturated carbocycles. The van der Waals surface area contributed by atoms with E-state index in [0.29, 0.717) is 11.7 Å². The average molecular weight is 314 g/mol. The van der Waals surface area contributed by atoms with Gasteiger partial charge in [0.25, 0.3) is 0 Å². The SMILES string of the molecule is C=Cn1cc(CNc2cnc(Cl)c(Br)c2)cn1. The van der Waals surface area contributed by atoms with Crippen molar-refractivity contribution in [3.05, 3.63) is 46.4 Å². The first kappa shape index (κ1) is 12.1. The molecule has 0 aliphatic carbocycles. The number of nitrogens with zero attached hydrogens (tertiary/aromatic N) is 3. The van der Waals surface area contributed by atoms with Crippen LogP contribution >= 0.6 is 27.5 Å². The van der Waals surface area contributed by atoms with Gasteiger partial charge in [-0.15, -0.1) is 0 Å². The van der Waals surface area contributed by atoms with Crippen molar-refractivity contribution in [1.29, 1.82) is 0 Å². The smallest absolute Gasteiger partial charge is 0.143 e. The van der Waals surface area contributed by atoms with E-state index in [2.05, 4.69) is 37.9 Å². The highest BCUT2D eigenvalue weighted by Crippen LogP contribution is 2.23. The molecule has 2 aromatic rings. The third-order valence-corrected chi connectivity index (χ3v) is 3.27. The zero-order valence-electron chi connectivity index (χ0n) is 8.90. The van der Waals surface area contributed by atoms with E-state index in [1.807, 2.05) is 12.3 Å². The topological polar surface area (TPSA) is 42.7 Å². The summed E-state index contributed by atoms with van der Waals surface area (Å²) < 4.78 is 2.43. The predicted molar refractivity (Wildman–Crippen MR) is 72.9 cm³/mol. The van der Waals surface area contributed by atoms with Crippen molar-refractivity contribution in [3.63, 3.8) is 0 Å². The molecule has 0 aliphatic heterocycles. The van der Waals surface area contributed by atoms with Crippen molar-refractivity contribution in [2.24, 2.45) is 0 Å². The summed E-state index contributed by atoms with van der Waals surface area (Å²) in [4.78, 5) is 4.03. The van der Waals surface area contributed by atoms with E-state index in [4.69, 9.17) is 11.6 Å². The number of pyridine rings is 1. The molecule has 6 heteroatoms. The molecule has 0 bridgehead atoms. The molecular weight excluding hydrogens is 304 g/mol. The van der Waals surface area contributed by atoms with Crippen LogP contribution in [0.1, 0.15) is 5.56 Å². The molecule has 0 unspecified atom stereocenters. The molecule has 0 amide bonds. The Hall–Kier alpha value is -1.33. The van der Waals surface area contributed by atoms with E-state index >= 15 is 0 Å². The second kappa shape index (κ2) is 5.33. The van der Waals surface area contributed by atoms with Crippen LogP contribution in [0.5, 0.6) is 0 Å². The van der Waals surface area contributed by atoms with Crippen molar-refractivity contribution >= 4 is 39.4 Å². The molecule has 88 valence electrons. The Labute approximate surface area is 112 Å². The number of anilines is 1. The van der Waals surface area contributed by atoms with E-state index in [1.54, 1.807) is 23.3 Å². The Bertz CT molecular complexity index is 538. The van der Waals surface area contributed by atoms with Gasteiger partial charge in [0, 0.05) is 24.5 Å². The molecule has 0 saturated heterocycles. The Morgan fingerprint density at radius 3 is 3.00 bits per heavy atom. The lowest BCUT2D eigenvalue weighted by atomic mass is 10.3. The van der Waals surface area contributed by atoms with Crippen molar-refractivity contribution < 1.29 is 0 Å². The molecule has 4 nitrogen and oxygen atoms in total. The van der Waals surface area contributed by atoms with E-state index in [9.17, 15) is 0 Å². The molecule has 0 aromatic carbocycles. The van der Waals surface area contributed by atoms with Gasteiger partial charge in [-0.25, -0.2) is 9.67 Å². The van der Waals surface area contributed by atoms with E-state index < -0.39 is 0 Å². The van der Waals surface area contributed by atoms with Crippen LogP contribution in [-0.4, -0.2) is 14.8 Å². The molecular formula is C11H10BrClN4. The second-order valence-corrected chi connectivity index (χ2v) is 4.57. The number of nitrogens with one attached hydrogen (secondary N) is 1. The van der Waals surface area contributed by atoms with Crippen LogP contribution in [-0.2, 0) is 6.54 Å². The lowest BCUT2D eigenvalue weighted by molar-refractivity contribution is 0.936. The molecule has 2 rings (SSSR count). The summed E-state index contributed by atoms with van der Waals surface area (Å²) in [6.07, 6.45) is 7.01. The highest BCUT2D eigenvalue weighted by molar-refractivity contribution is 9.10. The summed E-state index contributed by atoms with van der Waals surface area (Å²) in [6, 6.07) is 1.88. The van der Waals surface area contributed by atoms with Crippen molar-refractivity contribution in [2.45, 2.75) is 6.54 Å². The quantitative estimate of drug-likeness (QED) is 0.880. The van der Waals surface area contributed by atoms with E-state index in [1.165, 1.54) is 0 Å². The first-order valence-electron chi connectivity index (χ1n) is 4.89. The number of hydrogen-bond acceptors (Lipinski definition) is 3. The minimum Gasteiger partial charge on any atom is -0.380 e. The Balaban J connectivity index is 2.01. The molecule has 1 N–H and O–H groups in total. The second-order valence-electron chi connectivity index (χ2n) is 3.36. The minimum atomic E-state index is 0.454. The fourth-order valence-electron chi connectivity index (χ4n) is 1.29. The summed E-state index contributed by atoms with van der Waals surface area (Å²) in [5.74, 6) is 0. The van der Waals surface area contributed by atoms with Crippen LogP contribution in [0.25, 0.3) is 6.20 Å². The maximum Gasteiger partial charge on any atom is 0.143 e. The van der Waals surface area contributed by atoms with Crippen molar-refractivity contribution in [2.75, 3.05) is 5.32 Å². The molecule has 0 atom stereocenters. The summed E-state index contributed by atoms with van der Waals surface area (Å²) in [5, 5.41) is 7.77. The van der Waals surface area contributed by atoms with Gasteiger partial charge in [-0.05, 0) is 22.0 Å². The van der Waals surface area contributed by atoms with Crippen LogP contribution in [0.3, 0.4) is 0 Å². The van der Waals surface area contributed by atoms with Gasteiger partial charge < -0.3 is 5.32 Å². The maximum atomic E-state index is 5.81. The summed E-state index contributed by atoms with van der Waals surface area (Å²) in [5.41, 5.74) is 1.96. The zero-order valence-corrected chi connectivity index (χ0v) is 11.2. The summed E-state index contributed by atoms with van der Waals surface area (Å²) >= 11 is 9.13. The molecule has 17 heavy (non-hydrogen) atoms. The number of halogens is 2. The van der Waals surface area contributed by atoms with E-state index in [-0.39, 0.29) is 0 Å². The largest absolute Gasteiger partial charge is 0.380 e. The average Bonchev–Trinajstić information content (AvgIpc) is 2.79. The zero-order chi connectivity index (χ0) is 12.3. The number of hydrogen-bond donors (Lipinski definition) is 1. The molecule has 0 spiro atoms. The fourth-order valence-corrected chi connectivity index (χ4v) is 1.74. The van der Waals surface area contributed by atoms with Gasteiger partial charge in [0.15, 0.2) is 0 Å². The lowest BCUT2D eigenvalue weighted by Gasteiger charge is -2.05. The predicted octanol–water partition coefficient (Wildman–Crippen LogP) is 3.41. The van der Waals surface area contributed by atoms with E-state index in [0.717, 1.165) is 15.7 Å². The fraction of sp³-hybridized carbons (Fsp3) is 0.0909. The van der Waals surface area contributed by atoms with Crippen molar-refractivity contribution in [3.8, 4) is 0 Å². The molecule has 0 fully saturated rings.